The van der Waals surface area contributed by atoms with Gasteiger partial charge in [-0.3, -0.25) is 4.79 Å². The number of benzene rings is 3. The van der Waals surface area contributed by atoms with Crippen LogP contribution in [0.2, 0.25) is 0 Å². The van der Waals surface area contributed by atoms with Crippen LogP contribution >= 0.6 is 11.8 Å². The summed E-state index contributed by atoms with van der Waals surface area (Å²) in [4.78, 5) is 28.9. The summed E-state index contributed by atoms with van der Waals surface area (Å²) in [5.74, 6) is 3.44. The standard InChI is InChI=1S/C39H52N6O5S/c1-5-48-39(51-6-2)34-10-9-17-45(34)38(46)31-25-30(47-4)26-35(36(31)40)50-23-8-7-22-49-29-14-11-27(12-15-29)37-41-32-16-13-28(24-33(32)42-37)44-20-18-43(3)19-21-44/h11-16,24-26,34,39H,5-10,17-23,40H2,1-4H3,(H,41,42)/t34-,39?/m0/s1. The van der Waals surface area contributed by atoms with Crippen molar-refractivity contribution in [1.82, 2.24) is 19.8 Å². The number of hydrogen-bond acceptors (Lipinski definition) is 10. The number of ether oxygens (including phenoxy) is 4. The van der Waals surface area contributed by atoms with Gasteiger partial charge >= 0.3 is 0 Å². The molecule has 2 atom stereocenters. The van der Waals surface area contributed by atoms with Crippen LogP contribution in [0.25, 0.3) is 22.4 Å². The first-order chi connectivity index (χ1) is 24.9. The van der Waals surface area contributed by atoms with Crippen LogP contribution in [-0.4, -0.2) is 110 Å². The van der Waals surface area contributed by atoms with E-state index in [-0.39, 0.29) is 17.4 Å². The highest BCUT2D eigenvalue weighted by Crippen LogP contribution is 2.36. The molecule has 51 heavy (non-hydrogen) atoms. The highest BCUT2D eigenvalue weighted by atomic mass is 32.2. The monoisotopic (exact) mass is 716 g/mol. The SMILES string of the molecule is CCOC(SCC)[C@@H]1CCCN1C(=O)c1cc(OC)cc(OCCCCOc2ccc(-c3nc4ccc(N5CCN(C)CC5)cc4[nH]3)cc2)c1N. The number of anilines is 2. The summed E-state index contributed by atoms with van der Waals surface area (Å²) in [6.45, 7) is 10.6. The summed E-state index contributed by atoms with van der Waals surface area (Å²) in [6, 6.07) is 17.9. The molecule has 0 radical (unpaired) electrons. The number of nitrogens with one attached hydrogen (secondary N) is 1. The summed E-state index contributed by atoms with van der Waals surface area (Å²) < 4.78 is 23.7. The number of methoxy groups -OCH3 is 1. The van der Waals surface area contributed by atoms with Gasteiger partial charge in [-0.25, -0.2) is 4.98 Å². The number of aromatic amines is 1. The van der Waals surface area contributed by atoms with Crippen LogP contribution in [0.5, 0.6) is 17.2 Å². The molecule has 3 aromatic carbocycles. The van der Waals surface area contributed by atoms with E-state index in [1.165, 1.54) is 5.69 Å². The molecule has 2 fully saturated rings. The van der Waals surface area contributed by atoms with Crippen LogP contribution in [0.4, 0.5) is 11.4 Å². The van der Waals surface area contributed by atoms with Gasteiger partial charge in [0.2, 0.25) is 0 Å². The van der Waals surface area contributed by atoms with Crippen LogP contribution in [-0.2, 0) is 4.74 Å². The van der Waals surface area contributed by atoms with Gasteiger partial charge in [-0.1, -0.05) is 6.92 Å². The number of nitrogen functional groups attached to an aromatic ring is 1. The Morgan fingerprint density at radius 1 is 0.980 bits per heavy atom. The van der Waals surface area contributed by atoms with Crippen molar-refractivity contribution < 1.29 is 23.7 Å². The first kappa shape index (κ1) is 36.7. The number of thioether (sulfide) groups is 1. The maximum absolute atomic E-state index is 13.8. The zero-order chi connectivity index (χ0) is 35.7. The lowest BCUT2D eigenvalue weighted by Crippen LogP contribution is -2.44. The van der Waals surface area contributed by atoms with Crippen LogP contribution in [0, 0.1) is 0 Å². The molecule has 2 aliphatic rings. The van der Waals surface area contributed by atoms with Gasteiger partial charge in [0, 0.05) is 56.6 Å². The van der Waals surface area contributed by atoms with Crippen LogP contribution < -0.4 is 24.8 Å². The first-order valence-electron chi connectivity index (χ1n) is 18.2. The van der Waals surface area contributed by atoms with Crippen molar-refractivity contribution in [3.8, 4) is 28.6 Å². The van der Waals surface area contributed by atoms with E-state index in [2.05, 4.69) is 47.0 Å². The molecule has 2 saturated heterocycles. The van der Waals surface area contributed by atoms with Crippen molar-refractivity contribution in [3.05, 3.63) is 60.2 Å². The summed E-state index contributed by atoms with van der Waals surface area (Å²) in [5, 5.41) is 0. The zero-order valence-corrected chi connectivity index (χ0v) is 31.2. The molecule has 1 aromatic heterocycles. The van der Waals surface area contributed by atoms with Crippen LogP contribution in [0.3, 0.4) is 0 Å². The molecule has 274 valence electrons. The number of unbranched alkanes of at least 4 members (excludes halogenated alkanes) is 1. The molecule has 11 nitrogen and oxygen atoms in total. The Morgan fingerprint density at radius 3 is 2.47 bits per heavy atom. The Bertz CT molecular complexity index is 1740. The highest BCUT2D eigenvalue weighted by Gasteiger charge is 2.37. The number of nitrogens with two attached hydrogens (primary N) is 1. The second-order valence-electron chi connectivity index (χ2n) is 13.1. The van der Waals surface area contributed by atoms with E-state index in [1.807, 2.05) is 36.1 Å². The van der Waals surface area contributed by atoms with Crippen molar-refractivity contribution >= 4 is 40.1 Å². The number of hydrogen-bond donors (Lipinski definition) is 2. The quantitative estimate of drug-likeness (QED) is 0.0753. The summed E-state index contributed by atoms with van der Waals surface area (Å²) in [5.41, 5.74) is 11.5. The summed E-state index contributed by atoms with van der Waals surface area (Å²) >= 11 is 1.74. The van der Waals surface area contributed by atoms with Gasteiger partial charge in [0.05, 0.1) is 48.6 Å². The Hall–Kier alpha value is -4.13. The van der Waals surface area contributed by atoms with Gasteiger partial charge in [0.25, 0.3) is 5.91 Å². The van der Waals surface area contributed by atoms with Crippen molar-refractivity contribution in [3.63, 3.8) is 0 Å². The lowest BCUT2D eigenvalue weighted by Gasteiger charge is -2.34. The molecule has 4 aromatic rings. The lowest BCUT2D eigenvalue weighted by atomic mass is 10.1. The number of aromatic nitrogens is 2. The molecule has 1 amide bonds. The van der Waals surface area contributed by atoms with E-state index in [0.717, 1.165) is 85.8 Å². The summed E-state index contributed by atoms with van der Waals surface area (Å²) in [6.07, 6.45) is 3.39. The minimum atomic E-state index is -0.116. The number of nitrogens with zero attached hydrogens (tertiary/aromatic N) is 4. The fourth-order valence-corrected chi connectivity index (χ4v) is 7.84. The van der Waals surface area contributed by atoms with E-state index in [0.29, 0.717) is 49.1 Å². The lowest BCUT2D eigenvalue weighted by molar-refractivity contribution is 0.0461. The number of fused-ring (bicyclic) bond motifs is 1. The molecular formula is C39H52N6O5S. The number of H-pyrrole nitrogens is 1. The minimum absolute atomic E-state index is 0.000327. The smallest absolute Gasteiger partial charge is 0.256 e. The molecule has 0 spiro atoms. The van der Waals surface area contributed by atoms with Crippen LogP contribution in [0.15, 0.2) is 54.6 Å². The number of piperazine rings is 1. The minimum Gasteiger partial charge on any atom is -0.497 e. The molecule has 3 N–H and O–H groups in total. The van der Waals surface area contributed by atoms with E-state index in [4.69, 9.17) is 29.7 Å². The number of amides is 1. The van der Waals surface area contributed by atoms with Gasteiger partial charge in [0.15, 0.2) is 0 Å². The van der Waals surface area contributed by atoms with E-state index in [9.17, 15) is 4.79 Å². The Morgan fingerprint density at radius 2 is 1.75 bits per heavy atom. The van der Waals surface area contributed by atoms with Crippen molar-refractivity contribution in [2.24, 2.45) is 0 Å². The molecule has 3 heterocycles. The number of carbonyl (C=O) groups is 1. The molecule has 0 aliphatic carbocycles. The fourth-order valence-electron chi connectivity index (χ4n) is 6.78. The zero-order valence-electron chi connectivity index (χ0n) is 30.4. The second-order valence-corrected chi connectivity index (χ2v) is 14.5. The third kappa shape index (κ3) is 8.85. The normalized spacial score (nSPS) is 17.2. The number of likely N-dealkylation sites (tertiary alicyclic amines) is 1. The van der Waals surface area contributed by atoms with Gasteiger partial charge in [-0.15, -0.1) is 11.8 Å². The maximum Gasteiger partial charge on any atom is 0.256 e. The Labute approximate surface area is 305 Å². The average Bonchev–Trinajstić information content (AvgIpc) is 3.82. The topological polar surface area (TPSA) is 118 Å². The number of imidazole rings is 1. The summed E-state index contributed by atoms with van der Waals surface area (Å²) in [7, 11) is 3.75. The third-order valence-corrected chi connectivity index (χ3v) is 10.8. The molecule has 2 aliphatic heterocycles. The molecule has 0 saturated carbocycles. The predicted octanol–water partition coefficient (Wildman–Crippen LogP) is 6.53. The molecule has 1 unspecified atom stereocenters. The Kier molecular flexibility index (Phi) is 12.5. The van der Waals surface area contributed by atoms with Crippen LogP contribution in [0.1, 0.15) is 49.9 Å². The van der Waals surface area contributed by atoms with Crippen molar-refractivity contribution in [2.75, 3.05) is 83.1 Å². The average molecular weight is 717 g/mol. The van der Waals surface area contributed by atoms with E-state index < -0.39 is 0 Å². The number of carbonyl (C=O) groups excluding carboxylic acids is 1. The molecule has 0 bridgehead atoms. The largest absolute Gasteiger partial charge is 0.497 e. The van der Waals surface area contributed by atoms with Crippen molar-refractivity contribution in [2.45, 2.75) is 51.0 Å². The highest BCUT2D eigenvalue weighted by molar-refractivity contribution is 7.99. The maximum atomic E-state index is 13.8. The predicted molar refractivity (Wildman–Crippen MR) is 206 cm³/mol. The van der Waals surface area contributed by atoms with Gasteiger partial charge in [-0.05, 0) is 93.9 Å². The van der Waals surface area contributed by atoms with Gasteiger partial charge in [-0.2, -0.15) is 0 Å². The number of rotatable bonds is 16. The van der Waals surface area contributed by atoms with Gasteiger partial charge in [0.1, 0.15) is 28.5 Å². The molecule has 12 heteroatoms. The van der Waals surface area contributed by atoms with E-state index >= 15 is 0 Å². The second kappa shape index (κ2) is 17.4. The fraction of sp³-hybridized carbons (Fsp3) is 0.487. The van der Waals surface area contributed by atoms with Gasteiger partial charge < -0.3 is 44.4 Å². The van der Waals surface area contributed by atoms with E-state index in [1.54, 1.807) is 31.0 Å². The molecular weight excluding hydrogens is 665 g/mol. The van der Waals surface area contributed by atoms with Crippen molar-refractivity contribution in [1.29, 1.82) is 0 Å². The number of likely N-dealkylation sites (N-methyl/N-ethyl adjacent to an activating group) is 1. The Balaban J connectivity index is 0.991. The molecule has 6 rings (SSSR count). The first-order valence-corrected chi connectivity index (χ1v) is 19.2. The third-order valence-electron chi connectivity index (χ3n) is 9.64.